The van der Waals surface area contributed by atoms with Crippen LogP contribution in [-0.4, -0.2) is 45.6 Å². The van der Waals surface area contributed by atoms with Gasteiger partial charge in [-0.15, -0.1) is 16.9 Å². The number of aromatic amines is 1. The van der Waals surface area contributed by atoms with E-state index in [-0.39, 0.29) is 0 Å². The SMILES string of the molecule is c1ccc(-c2nc(NCCN3CCSc4ccccc43)n[nH]2)nc1. The van der Waals surface area contributed by atoms with Crippen LogP contribution in [0.1, 0.15) is 0 Å². The van der Waals surface area contributed by atoms with Gasteiger partial charge in [0.15, 0.2) is 5.82 Å². The molecule has 0 spiro atoms. The van der Waals surface area contributed by atoms with E-state index >= 15 is 0 Å². The van der Waals surface area contributed by atoms with Crippen molar-refractivity contribution >= 4 is 23.4 Å². The van der Waals surface area contributed by atoms with Crippen molar-refractivity contribution < 1.29 is 0 Å². The second kappa shape index (κ2) is 6.92. The summed E-state index contributed by atoms with van der Waals surface area (Å²) in [5.41, 5.74) is 2.11. The fourth-order valence-corrected chi connectivity index (χ4v) is 3.77. The quantitative estimate of drug-likeness (QED) is 0.745. The van der Waals surface area contributed by atoms with E-state index in [2.05, 4.69) is 54.6 Å². The molecule has 2 N–H and O–H groups in total. The number of H-pyrrole nitrogens is 1. The highest BCUT2D eigenvalue weighted by Crippen LogP contribution is 2.33. The third-order valence-corrected chi connectivity index (χ3v) is 4.93. The molecule has 24 heavy (non-hydrogen) atoms. The number of para-hydroxylation sites is 1. The lowest BCUT2D eigenvalue weighted by Gasteiger charge is -2.30. The van der Waals surface area contributed by atoms with Crippen molar-refractivity contribution in [1.82, 2.24) is 20.2 Å². The van der Waals surface area contributed by atoms with Crippen molar-refractivity contribution in [2.24, 2.45) is 0 Å². The number of hydrogen-bond donors (Lipinski definition) is 2. The molecule has 0 aliphatic carbocycles. The average Bonchev–Trinajstić information content (AvgIpc) is 3.12. The molecule has 7 heteroatoms. The maximum atomic E-state index is 4.44. The van der Waals surface area contributed by atoms with Crippen molar-refractivity contribution in [1.29, 1.82) is 0 Å². The van der Waals surface area contributed by atoms with E-state index in [0.29, 0.717) is 11.8 Å². The van der Waals surface area contributed by atoms with Gasteiger partial charge in [0.25, 0.3) is 0 Å². The number of nitrogens with one attached hydrogen (secondary N) is 2. The van der Waals surface area contributed by atoms with E-state index in [0.717, 1.165) is 31.1 Å². The van der Waals surface area contributed by atoms with Gasteiger partial charge < -0.3 is 10.2 Å². The molecule has 3 aromatic rings. The van der Waals surface area contributed by atoms with Crippen LogP contribution in [0.15, 0.2) is 53.6 Å². The largest absolute Gasteiger partial charge is 0.368 e. The van der Waals surface area contributed by atoms with E-state index < -0.39 is 0 Å². The number of anilines is 2. The Morgan fingerprint density at radius 1 is 1.17 bits per heavy atom. The number of hydrogen-bond acceptors (Lipinski definition) is 6. The first-order valence-electron chi connectivity index (χ1n) is 7.94. The zero-order valence-electron chi connectivity index (χ0n) is 13.1. The number of benzene rings is 1. The topological polar surface area (TPSA) is 69.7 Å². The number of rotatable bonds is 5. The predicted molar refractivity (Wildman–Crippen MR) is 97.5 cm³/mol. The van der Waals surface area contributed by atoms with Crippen molar-refractivity contribution in [3.63, 3.8) is 0 Å². The average molecular weight is 338 g/mol. The van der Waals surface area contributed by atoms with Crippen LogP contribution >= 0.6 is 11.8 Å². The molecule has 2 aromatic heterocycles. The van der Waals surface area contributed by atoms with Crippen molar-refractivity contribution in [3.05, 3.63) is 48.7 Å². The molecule has 1 aromatic carbocycles. The Balaban J connectivity index is 1.36. The van der Waals surface area contributed by atoms with Crippen LogP contribution in [0.3, 0.4) is 0 Å². The molecule has 4 rings (SSSR count). The van der Waals surface area contributed by atoms with Gasteiger partial charge in [0.05, 0.1) is 5.69 Å². The van der Waals surface area contributed by atoms with Gasteiger partial charge in [-0.2, -0.15) is 4.98 Å². The summed E-state index contributed by atoms with van der Waals surface area (Å²) in [6.45, 7) is 2.78. The second-order valence-corrected chi connectivity index (χ2v) is 6.59. The fraction of sp³-hybridized carbons (Fsp3) is 0.235. The lowest BCUT2D eigenvalue weighted by molar-refractivity contribution is 0.817. The van der Waals surface area contributed by atoms with Gasteiger partial charge in [0, 0.05) is 36.5 Å². The summed E-state index contributed by atoms with van der Waals surface area (Å²) >= 11 is 1.92. The minimum absolute atomic E-state index is 0.607. The van der Waals surface area contributed by atoms with Crippen LogP contribution in [0.4, 0.5) is 11.6 Å². The molecule has 1 aliphatic heterocycles. The first-order valence-corrected chi connectivity index (χ1v) is 8.93. The summed E-state index contributed by atoms with van der Waals surface area (Å²) in [6, 6.07) is 14.3. The lowest BCUT2D eigenvalue weighted by Crippen LogP contribution is -2.33. The molecule has 0 fully saturated rings. The van der Waals surface area contributed by atoms with Crippen molar-refractivity contribution in [2.45, 2.75) is 4.90 Å². The van der Waals surface area contributed by atoms with Gasteiger partial charge in [0.1, 0.15) is 5.69 Å². The third kappa shape index (κ3) is 3.21. The Bertz CT molecular complexity index is 804. The maximum absolute atomic E-state index is 4.44. The highest BCUT2D eigenvalue weighted by Gasteiger charge is 2.16. The molecule has 0 unspecified atom stereocenters. The number of aromatic nitrogens is 4. The monoisotopic (exact) mass is 338 g/mol. The predicted octanol–water partition coefficient (Wildman–Crippen LogP) is 2.89. The molecule has 0 amide bonds. The van der Waals surface area contributed by atoms with Gasteiger partial charge in [-0.05, 0) is 24.3 Å². The summed E-state index contributed by atoms with van der Waals surface area (Å²) < 4.78 is 0. The first kappa shape index (κ1) is 15.0. The molecule has 122 valence electrons. The number of fused-ring (bicyclic) bond motifs is 1. The molecule has 0 atom stereocenters. The van der Waals surface area contributed by atoms with Gasteiger partial charge in [-0.25, -0.2) is 0 Å². The molecule has 0 saturated heterocycles. The molecule has 0 radical (unpaired) electrons. The summed E-state index contributed by atoms with van der Waals surface area (Å²) in [6.07, 6.45) is 1.75. The molecule has 3 heterocycles. The zero-order valence-corrected chi connectivity index (χ0v) is 14.0. The van der Waals surface area contributed by atoms with Gasteiger partial charge >= 0.3 is 0 Å². The Morgan fingerprint density at radius 2 is 2.08 bits per heavy atom. The summed E-state index contributed by atoms with van der Waals surface area (Å²) in [5.74, 6) is 2.41. The standard InChI is InChI=1S/C17H18N6S/c1-2-7-15-14(6-1)23(11-12-24-15)10-9-19-17-20-16(21-22-17)13-5-3-4-8-18-13/h1-8H,9-12H2,(H2,19,20,21,22). The molecule has 6 nitrogen and oxygen atoms in total. The Hall–Kier alpha value is -2.54. The van der Waals surface area contributed by atoms with E-state index in [9.17, 15) is 0 Å². The van der Waals surface area contributed by atoms with Gasteiger partial charge in [-0.1, -0.05) is 18.2 Å². The fourth-order valence-electron chi connectivity index (χ4n) is 2.72. The van der Waals surface area contributed by atoms with E-state index in [1.54, 1.807) is 6.20 Å². The molecular weight excluding hydrogens is 320 g/mol. The van der Waals surface area contributed by atoms with Crippen LogP contribution in [-0.2, 0) is 0 Å². The van der Waals surface area contributed by atoms with Crippen molar-refractivity contribution in [2.75, 3.05) is 35.6 Å². The summed E-state index contributed by atoms with van der Waals surface area (Å²) in [5, 5.41) is 10.4. The van der Waals surface area contributed by atoms with Crippen LogP contribution in [0, 0.1) is 0 Å². The number of nitrogens with zero attached hydrogens (tertiary/aromatic N) is 4. The molecular formula is C17H18N6S. The summed E-state index contributed by atoms with van der Waals surface area (Å²) in [7, 11) is 0. The Morgan fingerprint density at radius 3 is 3.00 bits per heavy atom. The Labute approximate surface area is 144 Å². The highest BCUT2D eigenvalue weighted by atomic mass is 32.2. The second-order valence-electron chi connectivity index (χ2n) is 5.45. The maximum Gasteiger partial charge on any atom is 0.242 e. The van der Waals surface area contributed by atoms with Crippen LogP contribution in [0.25, 0.3) is 11.5 Å². The van der Waals surface area contributed by atoms with Crippen LogP contribution in [0.2, 0.25) is 0 Å². The highest BCUT2D eigenvalue weighted by molar-refractivity contribution is 7.99. The van der Waals surface area contributed by atoms with Gasteiger partial charge in [0.2, 0.25) is 5.95 Å². The third-order valence-electron chi connectivity index (χ3n) is 3.88. The lowest BCUT2D eigenvalue weighted by atomic mass is 10.2. The van der Waals surface area contributed by atoms with Crippen molar-refractivity contribution in [3.8, 4) is 11.5 Å². The zero-order chi connectivity index (χ0) is 16.2. The van der Waals surface area contributed by atoms with E-state index in [4.69, 9.17) is 0 Å². The normalized spacial score (nSPS) is 13.6. The van der Waals surface area contributed by atoms with Crippen LogP contribution in [0.5, 0.6) is 0 Å². The van der Waals surface area contributed by atoms with Crippen LogP contribution < -0.4 is 10.2 Å². The van der Waals surface area contributed by atoms with E-state index in [1.807, 2.05) is 30.0 Å². The van der Waals surface area contributed by atoms with Gasteiger partial charge in [-0.3, -0.25) is 10.1 Å². The minimum atomic E-state index is 0.607. The summed E-state index contributed by atoms with van der Waals surface area (Å²) in [4.78, 5) is 12.5. The molecule has 0 bridgehead atoms. The number of pyridine rings is 1. The molecule has 0 saturated carbocycles. The first-order chi connectivity index (χ1) is 11.9. The Kier molecular flexibility index (Phi) is 4.33. The van der Waals surface area contributed by atoms with E-state index in [1.165, 1.54) is 10.6 Å². The number of thioether (sulfide) groups is 1. The smallest absolute Gasteiger partial charge is 0.242 e. The molecule has 1 aliphatic rings. The minimum Gasteiger partial charge on any atom is -0.368 e.